The zero-order chi connectivity index (χ0) is 14.1. The van der Waals surface area contributed by atoms with Gasteiger partial charge in [0, 0.05) is 19.3 Å². The van der Waals surface area contributed by atoms with Crippen molar-refractivity contribution in [3.63, 3.8) is 0 Å². The Morgan fingerprint density at radius 3 is 2.67 bits per heavy atom. The molecule has 0 spiro atoms. The molecule has 0 unspecified atom stereocenters. The molecule has 0 saturated carbocycles. The van der Waals surface area contributed by atoms with Crippen LogP contribution in [0.25, 0.3) is 5.57 Å². The Morgan fingerprint density at radius 2 is 2.19 bits per heavy atom. The molecule has 2 aliphatic rings. The third-order valence-corrected chi connectivity index (χ3v) is 4.54. The van der Waals surface area contributed by atoms with Crippen molar-refractivity contribution in [2.24, 2.45) is 5.92 Å². The van der Waals surface area contributed by atoms with E-state index in [4.69, 9.17) is 4.74 Å². The van der Waals surface area contributed by atoms with Crippen LogP contribution in [0.1, 0.15) is 21.1 Å². The van der Waals surface area contributed by atoms with Crippen LogP contribution in [-0.4, -0.2) is 48.1 Å². The fraction of sp³-hybridized carbons (Fsp3) is 0.462. The number of carbonyl (C=O) groups excluding carboxylic acids is 2. The van der Waals surface area contributed by atoms with Gasteiger partial charge in [-0.05, 0) is 12.0 Å². The molecule has 2 aliphatic heterocycles. The van der Waals surface area contributed by atoms with Gasteiger partial charge in [0.1, 0.15) is 5.01 Å². The van der Waals surface area contributed by atoms with Crippen molar-refractivity contribution in [1.82, 2.24) is 9.88 Å². The third-order valence-electron chi connectivity index (χ3n) is 3.49. The van der Waals surface area contributed by atoms with Crippen LogP contribution in [0.15, 0.2) is 12.3 Å². The smallest absolute Gasteiger partial charge is 0.544 e. The van der Waals surface area contributed by atoms with E-state index in [1.165, 1.54) is 6.20 Å². The minimum Gasteiger partial charge on any atom is -0.544 e. The summed E-state index contributed by atoms with van der Waals surface area (Å²) in [5, 5.41) is 11.4. The van der Waals surface area contributed by atoms with Crippen LogP contribution in [-0.2, 0) is 9.53 Å². The van der Waals surface area contributed by atoms with E-state index < -0.39 is 5.97 Å². The molecule has 1 saturated heterocycles. The molecule has 0 aromatic carbocycles. The van der Waals surface area contributed by atoms with Gasteiger partial charge in [0.2, 0.25) is 5.91 Å². The van der Waals surface area contributed by atoms with Gasteiger partial charge in [-0.1, -0.05) is 6.08 Å². The summed E-state index contributed by atoms with van der Waals surface area (Å²) in [6.07, 6.45) is 3.96. The molecule has 1 amide bonds. The monoisotopic (exact) mass is 300 g/mol. The molecule has 1 aromatic rings. The van der Waals surface area contributed by atoms with E-state index in [0.29, 0.717) is 37.7 Å². The molecule has 3 rings (SSSR count). The minimum absolute atomic E-state index is 0. The summed E-state index contributed by atoms with van der Waals surface area (Å²) in [4.78, 5) is 28.8. The molecule has 0 radical (unpaired) electrons. The van der Waals surface area contributed by atoms with Gasteiger partial charge in [-0.2, -0.15) is 0 Å². The largest absolute Gasteiger partial charge is 1.00 e. The Bertz CT molecular complexity index is 582. The number of amides is 1. The average Bonchev–Trinajstić information content (AvgIpc) is 2.86. The predicted octanol–water partition coefficient (Wildman–Crippen LogP) is -3.23. The Morgan fingerprint density at radius 1 is 1.43 bits per heavy atom. The molecule has 3 heterocycles. The fourth-order valence-electron chi connectivity index (χ4n) is 2.22. The zero-order valence-corrected chi connectivity index (χ0v) is 12.5. The Hall–Kier alpha value is -1.13. The van der Waals surface area contributed by atoms with Gasteiger partial charge in [0.25, 0.3) is 0 Å². The molecule has 0 aliphatic carbocycles. The van der Waals surface area contributed by atoms with Crippen molar-refractivity contribution in [3.8, 4) is 0 Å². The average molecular weight is 300 g/mol. The van der Waals surface area contributed by atoms with Crippen LogP contribution in [0.3, 0.4) is 0 Å². The minimum atomic E-state index is -1.20. The second-order valence-electron chi connectivity index (χ2n) is 4.82. The second kappa shape index (κ2) is 6.75. The topological polar surface area (TPSA) is 82.6 Å². The van der Waals surface area contributed by atoms with E-state index in [2.05, 4.69) is 4.98 Å². The van der Waals surface area contributed by atoms with Crippen LogP contribution in [0.2, 0.25) is 0 Å². The van der Waals surface area contributed by atoms with Crippen molar-refractivity contribution in [3.05, 3.63) is 22.2 Å². The number of hydrogen-bond acceptors (Lipinski definition) is 6. The molecule has 21 heavy (non-hydrogen) atoms. The number of nitrogens with zero attached hydrogens (tertiary/aromatic N) is 2. The van der Waals surface area contributed by atoms with Gasteiger partial charge in [-0.25, -0.2) is 4.98 Å². The molecule has 6 nitrogen and oxygen atoms in total. The number of carboxylic acid groups (broad SMARTS) is 1. The predicted molar refractivity (Wildman–Crippen MR) is 69.9 cm³/mol. The van der Waals surface area contributed by atoms with Crippen molar-refractivity contribution in [1.29, 1.82) is 0 Å². The summed E-state index contributed by atoms with van der Waals surface area (Å²) in [5.41, 5.74) is 0.997. The first kappa shape index (κ1) is 16.2. The van der Waals surface area contributed by atoms with Gasteiger partial charge in [0.05, 0.1) is 30.0 Å². The molecule has 0 atom stereocenters. The van der Waals surface area contributed by atoms with E-state index in [0.717, 1.165) is 16.9 Å². The number of rotatable bonds is 3. The summed E-state index contributed by atoms with van der Waals surface area (Å²) >= 11 is 1.11. The van der Waals surface area contributed by atoms with Gasteiger partial charge in [-0.3, -0.25) is 4.79 Å². The molecule has 0 bridgehead atoms. The normalized spacial score (nSPS) is 18.5. The SMILES string of the molecule is O=C([O-])c1cnc(C2=CCN(C(=O)C3COC3)CC2)s1.[Li+]. The fourth-order valence-corrected chi connectivity index (χ4v) is 3.04. The van der Waals surface area contributed by atoms with Crippen LogP contribution in [0.5, 0.6) is 0 Å². The first-order valence-electron chi connectivity index (χ1n) is 6.38. The van der Waals surface area contributed by atoms with E-state index in [-0.39, 0.29) is 35.6 Å². The van der Waals surface area contributed by atoms with Crippen molar-refractivity contribution in [2.75, 3.05) is 26.3 Å². The van der Waals surface area contributed by atoms with Crippen molar-refractivity contribution in [2.45, 2.75) is 6.42 Å². The summed E-state index contributed by atoms with van der Waals surface area (Å²) in [6, 6.07) is 0. The maximum atomic E-state index is 12.0. The number of thiazole rings is 1. The van der Waals surface area contributed by atoms with E-state index in [1.807, 2.05) is 11.0 Å². The van der Waals surface area contributed by atoms with Crippen LogP contribution in [0.4, 0.5) is 0 Å². The van der Waals surface area contributed by atoms with Gasteiger partial charge in [-0.15, -0.1) is 11.3 Å². The number of aromatic carboxylic acids is 1. The summed E-state index contributed by atoms with van der Waals surface area (Å²) in [7, 11) is 0. The maximum Gasteiger partial charge on any atom is 1.00 e. The first-order valence-corrected chi connectivity index (χ1v) is 7.20. The van der Waals surface area contributed by atoms with E-state index in [9.17, 15) is 14.7 Å². The quantitative estimate of drug-likeness (QED) is 0.548. The standard InChI is InChI=1S/C13H14N2O4S.Li/c16-12(9-6-19-7-9)15-3-1-8(2-4-15)11-14-5-10(20-11)13(17)18;/h1,5,9H,2-4,6-7H2,(H,17,18);/q;+1/p-1. The maximum absolute atomic E-state index is 12.0. The number of hydrogen-bond donors (Lipinski definition) is 0. The molecule has 1 aromatic heterocycles. The van der Waals surface area contributed by atoms with Gasteiger partial charge >= 0.3 is 18.9 Å². The zero-order valence-electron chi connectivity index (χ0n) is 11.7. The Kier molecular flexibility index (Phi) is 5.22. The van der Waals surface area contributed by atoms with E-state index >= 15 is 0 Å². The number of aromatic nitrogens is 1. The number of carboxylic acids is 1. The van der Waals surface area contributed by atoms with Crippen LogP contribution in [0, 0.1) is 5.92 Å². The van der Waals surface area contributed by atoms with Crippen LogP contribution < -0.4 is 24.0 Å². The first-order chi connectivity index (χ1) is 9.65. The van der Waals surface area contributed by atoms with Crippen LogP contribution >= 0.6 is 11.3 Å². The number of ether oxygens (including phenoxy) is 1. The van der Waals surface area contributed by atoms with E-state index in [1.54, 1.807) is 0 Å². The summed E-state index contributed by atoms with van der Waals surface area (Å²) in [6.45, 7) is 2.23. The Balaban J connectivity index is 0.00000161. The van der Waals surface area contributed by atoms with Gasteiger partial charge in [0.15, 0.2) is 0 Å². The molecule has 106 valence electrons. The molecule has 1 fully saturated rings. The molecular weight excluding hydrogens is 287 g/mol. The van der Waals surface area contributed by atoms with Crippen molar-refractivity contribution >= 4 is 28.8 Å². The summed E-state index contributed by atoms with van der Waals surface area (Å²) < 4.78 is 5.03. The molecule has 0 N–H and O–H groups in total. The van der Waals surface area contributed by atoms with Gasteiger partial charge < -0.3 is 19.5 Å². The second-order valence-corrected chi connectivity index (χ2v) is 5.85. The third kappa shape index (κ3) is 3.38. The molecular formula is C13H13LiN2O4S. The Labute approximate surface area is 138 Å². The molecule has 8 heteroatoms. The van der Waals surface area contributed by atoms with Crippen molar-refractivity contribution < 1.29 is 38.3 Å². The summed E-state index contributed by atoms with van der Waals surface area (Å²) in [5.74, 6) is -1.05. The number of carbonyl (C=O) groups is 2.